The minimum absolute atomic E-state index is 0. The van der Waals surface area contributed by atoms with Crippen LogP contribution in [0, 0.1) is 0 Å². The summed E-state index contributed by atoms with van der Waals surface area (Å²) in [5.41, 5.74) is 0. The Kier molecular flexibility index (Phi) is 9.69. The van der Waals surface area contributed by atoms with E-state index in [2.05, 4.69) is 0 Å². The average molecular weight is 308 g/mol. The fourth-order valence-electron chi connectivity index (χ4n) is 0.106. The molecule has 4 nitrogen and oxygen atoms in total. The van der Waals surface area contributed by atoms with E-state index < -0.39 is 25.5 Å². The van der Waals surface area contributed by atoms with Gasteiger partial charge in [0.15, 0.2) is 0 Å². The van der Waals surface area contributed by atoms with E-state index in [0.29, 0.717) is 0 Å². The van der Waals surface area contributed by atoms with E-state index in [1.807, 2.05) is 0 Å². The van der Waals surface area contributed by atoms with E-state index in [1.165, 1.54) is 0 Å². The van der Waals surface area contributed by atoms with Gasteiger partial charge in [-0.15, -0.1) is 0 Å². The van der Waals surface area contributed by atoms with Gasteiger partial charge in [0, 0.05) is 0 Å². The molecule has 0 aromatic rings. The molecule has 0 fully saturated rings. The summed E-state index contributed by atoms with van der Waals surface area (Å²) < 4.78 is 17.5. The van der Waals surface area contributed by atoms with E-state index in [9.17, 15) is 8.63 Å². The van der Waals surface area contributed by atoms with Gasteiger partial charge >= 0.3 is 92.3 Å². The van der Waals surface area contributed by atoms with Crippen molar-refractivity contribution < 1.29 is 17.9 Å². The SMILES string of the molecule is O=C(O)C[Se](=O)O.[Ba+2]. The number of carboxylic acids is 1. The van der Waals surface area contributed by atoms with Gasteiger partial charge in [-0.05, 0) is 0 Å². The van der Waals surface area contributed by atoms with E-state index in [0.717, 1.165) is 0 Å². The third-order valence-electron chi connectivity index (χ3n) is 0.247. The van der Waals surface area contributed by atoms with Crippen molar-refractivity contribution in [3.63, 3.8) is 0 Å². The first kappa shape index (κ1) is 12.0. The molecule has 42 valence electrons. The monoisotopic (exact) mass is 310 g/mol. The first-order valence-electron chi connectivity index (χ1n) is 1.42. The second-order valence-electron chi connectivity index (χ2n) is 0.860. The van der Waals surface area contributed by atoms with Gasteiger partial charge in [-0.2, -0.15) is 0 Å². The Hall–Kier alpha value is 1.32. The van der Waals surface area contributed by atoms with Crippen LogP contribution in [0.1, 0.15) is 0 Å². The predicted octanol–water partition coefficient (Wildman–Crippen LogP) is -1.40. The molecule has 0 aromatic carbocycles. The van der Waals surface area contributed by atoms with Crippen LogP contribution >= 0.6 is 0 Å². The molecule has 0 spiro atoms. The van der Waals surface area contributed by atoms with E-state index >= 15 is 0 Å². The molecule has 0 bridgehead atoms. The van der Waals surface area contributed by atoms with Gasteiger partial charge in [-0.3, -0.25) is 0 Å². The van der Waals surface area contributed by atoms with Gasteiger partial charge in [0.25, 0.3) is 0 Å². The standard InChI is InChI=1S/C2H4O4Se.Ba/c3-2(4)1-7(5)6;/h1H2,(H,3,4)(H,5,6);/q;+2. The first-order chi connectivity index (χ1) is 3.13. The Morgan fingerprint density at radius 3 is 2.00 bits per heavy atom. The van der Waals surface area contributed by atoms with Crippen LogP contribution in [0.15, 0.2) is 0 Å². The Balaban J connectivity index is 0. The molecule has 0 saturated carbocycles. The van der Waals surface area contributed by atoms with Crippen molar-refractivity contribution in [3.05, 3.63) is 0 Å². The van der Waals surface area contributed by atoms with Crippen LogP contribution in [0.25, 0.3) is 0 Å². The summed E-state index contributed by atoms with van der Waals surface area (Å²) in [6.07, 6.45) is 0. The molecule has 8 heavy (non-hydrogen) atoms. The number of carboxylic acid groups (broad SMARTS) is 1. The second kappa shape index (κ2) is 6.44. The normalized spacial score (nSPS) is 11.6. The van der Waals surface area contributed by atoms with E-state index in [1.54, 1.807) is 0 Å². The Morgan fingerprint density at radius 1 is 1.62 bits per heavy atom. The fourth-order valence-corrected chi connectivity index (χ4v) is 0.549. The molecule has 0 amide bonds. The summed E-state index contributed by atoms with van der Waals surface area (Å²) in [6.45, 7) is 0. The van der Waals surface area contributed by atoms with Crippen molar-refractivity contribution >= 4 is 69.0 Å². The van der Waals surface area contributed by atoms with Gasteiger partial charge in [0.1, 0.15) is 0 Å². The molecule has 0 saturated heterocycles. The zero-order chi connectivity index (χ0) is 5.86. The van der Waals surface area contributed by atoms with Crippen molar-refractivity contribution in [1.82, 2.24) is 0 Å². The summed E-state index contributed by atoms with van der Waals surface area (Å²) in [5.74, 6) is -1.22. The summed E-state index contributed by atoms with van der Waals surface area (Å²) in [6, 6.07) is 0. The van der Waals surface area contributed by atoms with Crippen molar-refractivity contribution in [2.45, 2.75) is 5.32 Å². The molecule has 0 aliphatic carbocycles. The molecule has 0 heterocycles. The number of aliphatic carboxylic acids is 1. The zero-order valence-corrected chi connectivity index (χ0v) is 10.2. The fraction of sp³-hybridized carbons (Fsp3) is 0.500. The number of hydrogen-bond donors (Lipinski definition) is 2. The maximum Gasteiger partial charge on any atom is 2.00 e. The van der Waals surface area contributed by atoms with Crippen molar-refractivity contribution in [1.29, 1.82) is 0 Å². The summed E-state index contributed by atoms with van der Waals surface area (Å²) >= 11 is -2.97. The number of hydrogen-bond acceptors (Lipinski definition) is 2. The van der Waals surface area contributed by atoms with Gasteiger partial charge in [0.2, 0.25) is 0 Å². The van der Waals surface area contributed by atoms with Crippen LogP contribution in [0.5, 0.6) is 0 Å². The van der Waals surface area contributed by atoms with Crippen LogP contribution in [-0.4, -0.2) is 78.3 Å². The maximum absolute atomic E-state index is 9.64. The van der Waals surface area contributed by atoms with E-state index in [-0.39, 0.29) is 48.9 Å². The quantitative estimate of drug-likeness (QED) is 0.616. The molecule has 1 unspecified atom stereocenters. The van der Waals surface area contributed by atoms with Gasteiger partial charge in [0.05, 0.1) is 0 Å². The van der Waals surface area contributed by atoms with Gasteiger partial charge in [-0.1, -0.05) is 0 Å². The van der Waals surface area contributed by atoms with Crippen LogP contribution in [0.3, 0.4) is 0 Å². The van der Waals surface area contributed by atoms with E-state index in [4.69, 9.17) is 9.30 Å². The molecule has 0 rings (SSSR count). The van der Waals surface area contributed by atoms with Crippen molar-refractivity contribution in [3.8, 4) is 0 Å². The maximum atomic E-state index is 9.64. The minimum Gasteiger partial charge on any atom is 2.00 e. The number of rotatable bonds is 2. The van der Waals surface area contributed by atoms with Crippen molar-refractivity contribution in [2.24, 2.45) is 0 Å². The van der Waals surface area contributed by atoms with Crippen LogP contribution in [-0.2, 0) is 8.63 Å². The summed E-state index contributed by atoms with van der Waals surface area (Å²) in [7, 11) is 0. The molecule has 0 aliphatic heterocycles. The van der Waals surface area contributed by atoms with Crippen LogP contribution in [0.4, 0.5) is 0 Å². The average Bonchev–Trinajstić information content (AvgIpc) is 1.27. The van der Waals surface area contributed by atoms with Crippen molar-refractivity contribution in [2.75, 3.05) is 0 Å². The molecular formula is C2H4BaO4Se+2. The Labute approximate surface area is 90.8 Å². The topological polar surface area (TPSA) is 74.6 Å². The largest absolute Gasteiger partial charge is 2.00 e. The third kappa shape index (κ3) is 10.3. The summed E-state index contributed by atoms with van der Waals surface area (Å²) in [4.78, 5) is 9.48. The molecule has 6 heteroatoms. The Morgan fingerprint density at radius 2 is 2.00 bits per heavy atom. The van der Waals surface area contributed by atoms with Gasteiger partial charge in [-0.25, -0.2) is 0 Å². The molecular weight excluding hydrogens is 304 g/mol. The third-order valence-corrected chi connectivity index (χ3v) is 1.28. The molecule has 1 atom stereocenters. The molecule has 2 N–H and O–H groups in total. The Bertz CT molecular complexity index is 90.2. The first-order valence-corrected chi connectivity index (χ1v) is 4.10. The molecule has 0 radical (unpaired) electrons. The molecule has 0 aromatic heterocycles. The molecule has 0 aliphatic rings. The predicted molar refractivity (Wildman–Crippen MR) is 26.9 cm³/mol. The van der Waals surface area contributed by atoms with Gasteiger partial charge < -0.3 is 0 Å². The zero-order valence-electron chi connectivity index (χ0n) is 4.03. The second-order valence-corrected chi connectivity index (χ2v) is 2.81. The van der Waals surface area contributed by atoms with Crippen LogP contribution < -0.4 is 0 Å². The summed E-state index contributed by atoms with van der Waals surface area (Å²) in [5, 5.41) is 7.16. The minimum atomic E-state index is -2.97. The van der Waals surface area contributed by atoms with Crippen LogP contribution in [0.2, 0.25) is 5.32 Å². The number of carbonyl (C=O) groups is 1. The smallest absolute Gasteiger partial charge is 2.00 e.